The molecule has 0 saturated carbocycles. The van der Waals surface area contributed by atoms with Crippen LogP contribution < -0.4 is 5.48 Å². The number of nitrogens with zero attached hydrogens (tertiary/aromatic N) is 1. The number of nitrogens with one attached hydrogen (secondary N) is 1. The molecule has 0 aliphatic carbocycles. The number of carbonyl (C=O) groups excluding carboxylic acids is 1. The molecule has 1 saturated heterocycles. The Morgan fingerprint density at radius 2 is 1.91 bits per heavy atom. The van der Waals surface area contributed by atoms with Gasteiger partial charge in [-0.1, -0.05) is 18.2 Å². The van der Waals surface area contributed by atoms with E-state index >= 15 is 0 Å². The van der Waals surface area contributed by atoms with Gasteiger partial charge in [-0.3, -0.25) is 4.90 Å². The lowest BCUT2D eigenvalue weighted by atomic mass is 10.0. The quantitative estimate of drug-likeness (QED) is 0.683. The molecule has 1 aromatic rings. The second-order valence-electron chi connectivity index (χ2n) is 5.15. The number of carbonyl (C=O) groups is 1. The summed E-state index contributed by atoms with van der Waals surface area (Å²) < 4.78 is 49.5. The molecule has 0 unspecified atom stereocenters. The maximum Gasteiger partial charge on any atom is 0.492 e. The number of piperidine rings is 1. The SMILES string of the molecule is O=C(ONC1CCN(Cc2ccccc2F)CC1)C(F)(F)F. The first-order valence-corrected chi connectivity index (χ1v) is 6.85. The van der Waals surface area contributed by atoms with E-state index in [1.807, 2.05) is 4.90 Å². The van der Waals surface area contributed by atoms with Crippen molar-refractivity contribution in [3.8, 4) is 0 Å². The number of hydrogen-bond acceptors (Lipinski definition) is 4. The van der Waals surface area contributed by atoms with Gasteiger partial charge in [-0.05, 0) is 18.9 Å². The average molecular weight is 320 g/mol. The molecule has 4 nitrogen and oxygen atoms in total. The summed E-state index contributed by atoms with van der Waals surface area (Å²) in [6.07, 6.45) is -3.97. The highest BCUT2D eigenvalue weighted by molar-refractivity contribution is 5.75. The van der Waals surface area contributed by atoms with E-state index in [-0.39, 0.29) is 11.9 Å². The smallest absolute Gasteiger partial charge is 0.363 e. The summed E-state index contributed by atoms with van der Waals surface area (Å²) in [5.41, 5.74) is 2.73. The maximum atomic E-state index is 13.5. The predicted octanol–water partition coefficient (Wildman–Crippen LogP) is 2.40. The zero-order valence-corrected chi connectivity index (χ0v) is 11.7. The van der Waals surface area contributed by atoms with E-state index in [9.17, 15) is 22.4 Å². The van der Waals surface area contributed by atoms with Crippen molar-refractivity contribution in [2.75, 3.05) is 13.1 Å². The molecule has 1 N–H and O–H groups in total. The van der Waals surface area contributed by atoms with Crippen molar-refractivity contribution in [3.63, 3.8) is 0 Å². The van der Waals surface area contributed by atoms with Gasteiger partial charge >= 0.3 is 12.1 Å². The number of likely N-dealkylation sites (tertiary alicyclic amines) is 1. The Labute approximate surface area is 125 Å². The van der Waals surface area contributed by atoms with E-state index in [0.717, 1.165) is 0 Å². The van der Waals surface area contributed by atoms with Gasteiger partial charge < -0.3 is 4.84 Å². The summed E-state index contributed by atoms with van der Waals surface area (Å²) in [6.45, 7) is 1.60. The Morgan fingerprint density at radius 3 is 2.50 bits per heavy atom. The van der Waals surface area contributed by atoms with Gasteiger partial charge in [0, 0.05) is 31.2 Å². The summed E-state index contributed by atoms with van der Waals surface area (Å²) in [6, 6.07) is 6.13. The molecule has 0 radical (unpaired) electrons. The predicted molar refractivity (Wildman–Crippen MR) is 70.0 cm³/mol. The average Bonchev–Trinajstić information content (AvgIpc) is 2.47. The minimum absolute atomic E-state index is 0.276. The van der Waals surface area contributed by atoms with Gasteiger partial charge in [0.05, 0.1) is 0 Å². The van der Waals surface area contributed by atoms with Crippen molar-refractivity contribution >= 4 is 5.97 Å². The number of alkyl halides is 3. The lowest BCUT2D eigenvalue weighted by molar-refractivity contribution is -0.209. The molecule has 2 rings (SSSR count). The van der Waals surface area contributed by atoms with Crippen LogP contribution in [0.15, 0.2) is 24.3 Å². The lowest BCUT2D eigenvalue weighted by Gasteiger charge is -2.31. The zero-order valence-electron chi connectivity index (χ0n) is 11.7. The molecule has 1 aliphatic heterocycles. The van der Waals surface area contributed by atoms with E-state index in [4.69, 9.17) is 0 Å². The van der Waals surface area contributed by atoms with Gasteiger partial charge in [-0.15, -0.1) is 5.48 Å². The number of hydroxylamine groups is 1. The van der Waals surface area contributed by atoms with Crippen LogP contribution in [0.25, 0.3) is 0 Å². The maximum absolute atomic E-state index is 13.5. The van der Waals surface area contributed by atoms with Gasteiger partial charge in [0.1, 0.15) is 5.82 Å². The van der Waals surface area contributed by atoms with E-state index < -0.39 is 12.1 Å². The van der Waals surface area contributed by atoms with Crippen molar-refractivity contribution in [3.05, 3.63) is 35.6 Å². The first-order valence-electron chi connectivity index (χ1n) is 6.85. The van der Waals surface area contributed by atoms with Gasteiger partial charge in [-0.2, -0.15) is 13.2 Å². The highest BCUT2D eigenvalue weighted by Crippen LogP contribution is 2.18. The van der Waals surface area contributed by atoms with E-state index in [2.05, 4.69) is 10.3 Å². The number of halogens is 4. The Hall–Kier alpha value is -1.67. The van der Waals surface area contributed by atoms with Crippen LogP contribution in [-0.4, -0.2) is 36.2 Å². The highest BCUT2D eigenvalue weighted by Gasteiger charge is 2.41. The van der Waals surface area contributed by atoms with Crippen LogP contribution in [0.1, 0.15) is 18.4 Å². The first-order chi connectivity index (χ1) is 10.4. The molecule has 1 aliphatic rings. The molecule has 22 heavy (non-hydrogen) atoms. The fraction of sp³-hybridized carbons (Fsp3) is 0.500. The summed E-state index contributed by atoms with van der Waals surface area (Å²) in [5, 5.41) is 0. The van der Waals surface area contributed by atoms with Crippen molar-refractivity contribution in [1.82, 2.24) is 10.4 Å². The van der Waals surface area contributed by atoms with Crippen LogP contribution in [0.5, 0.6) is 0 Å². The minimum atomic E-state index is -5.00. The Bertz CT molecular complexity index is 514. The Kier molecular flexibility index (Phi) is 5.36. The van der Waals surface area contributed by atoms with Gasteiger partial charge in [-0.25, -0.2) is 9.18 Å². The highest BCUT2D eigenvalue weighted by atomic mass is 19.4. The molecule has 0 atom stereocenters. The molecule has 1 heterocycles. The lowest BCUT2D eigenvalue weighted by Crippen LogP contribution is -2.44. The fourth-order valence-corrected chi connectivity index (χ4v) is 2.27. The van der Waals surface area contributed by atoms with E-state index in [0.29, 0.717) is 38.0 Å². The molecule has 1 aromatic carbocycles. The molecular formula is C14H16F4N2O2. The summed E-state index contributed by atoms with van der Waals surface area (Å²) >= 11 is 0. The molecule has 8 heteroatoms. The molecule has 0 aromatic heterocycles. The molecule has 0 bridgehead atoms. The van der Waals surface area contributed by atoms with E-state index in [1.165, 1.54) is 6.07 Å². The fourth-order valence-electron chi connectivity index (χ4n) is 2.27. The Morgan fingerprint density at radius 1 is 1.27 bits per heavy atom. The largest absolute Gasteiger partial charge is 0.492 e. The third kappa shape index (κ3) is 4.67. The van der Waals surface area contributed by atoms with Crippen molar-refractivity contribution in [1.29, 1.82) is 0 Å². The van der Waals surface area contributed by atoms with Crippen LogP contribution in [0.3, 0.4) is 0 Å². The van der Waals surface area contributed by atoms with Crippen molar-refractivity contribution in [2.45, 2.75) is 31.6 Å². The third-order valence-corrected chi connectivity index (χ3v) is 3.49. The van der Waals surface area contributed by atoms with Crippen LogP contribution >= 0.6 is 0 Å². The molecule has 0 amide bonds. The summed E-state index contributed by atoms with van der Waals surface area (Å²) in [7, 11) is 0. The second-order valence-corrected chi connectivity index (χ2v) is 5.15. The van der Waals surface area contributed by atoms with Crippen LogP contribution in [0.2, 0.25) is 0 Å². The van der Waals surface area contributed by atoms with Crippen LogP contribution in [-0.2, 0) is 16.2 Å². The number of hydrogen-bond donors (Lipinski definition) is 1. The third-order valence-electron chi connectivity index (χ3n) is 3.49. The number of benzene rings is 1. The topological polar surface area (TPSA) is 41.6 Å². The first kappa shape index (κ1) is 16.7. The standard InChI is InChI=1S/C14H16F4N2O2/c15-12-4-2-1-3-10(12)9-20-7-5-11(6-8-20)19-22-13(21)14(16,17)18/h1-4,11,19H,5-9H2. The summed E-state index contributed by atoms with van der Waals surface area (Å²) in [4.78, 5) is 16.6. The normalized spacial score (nSPS) is 17.5. The van der Waals surface area contributed by atoms with Gasteiger partial charge in [0.25, 0.3) is 0 Å². The monoisotopic (exact) mass is 320 g/mol. The van der Waals surface area contributed by atoms with Crippen LogP contribution in [0, 0.1) is 5.82 Å². The van der Waals surface area contributed by atoms with Gasteiger partial charge in [0.15, 0.2) is 0 Å². The minimum Gasteiger partial charge on any atom is -0.363 e. The zero-order chi connectivity index (χ0) is 16.2. The molecule has 0 spiro atoms. The van der Waals surface area contributed by atoms with E-state index in [1.54, 1.807) is 18.2 Å². The van der Waals surface area contributed by atoms with Crippen LogP contribution in [0.4, 0.5) is 17.6 Å². The van der Waals surface area contributed by atoms with Gasteiger partial charge in [0.2, 0.25) is 0 Å². The molecule has 1 fully saturated rings. The van der Waals surface area contributed by atoms with Crippen molar-refractivity contribution in [2.24, 2.45) is 0 Å². The second kappa shape index (κ2) is 7.06. The summed E-state index contributed by atoms with van der Waals surface area (Å²) in [5.74, 6) is -2.52. The van der Waals surface area contributed by atoms with Crippen molar-refractivity contribution < 1.29 is 27.2 Å². The molecular weight excluding hydrogens is 304 g/mol. The number of rotatable bonds is 4. The Balaban J connectivity index is 1.74. The molecule has 122 valence electrons.